The van der Waals surface area contributed by atoms with Crippen molar-refractivity contribution in [2.75, 3.05) is 0 Å². The van der Waals surface area contributed by atoms with Gasteiger partial charge in [-0.15, -0.1) is 11.3 Å². The van der Waals surface area contributed by atoms with Crippen LogP contribution in [0, 0.1) is 0 Å². The van der Waals surface area contributed by atoms with Crippen LogP contribution >= 0.6 is 11.3 Å². The van der Waals surface area contributed by atoms with Gasteiger partial charge in [-0.1, -0.05) is 0 Å². The number of rotatable bonds is 4. The molecule has 0 saturated heterocycles. The van der Waals surface area contributed by atoms with Crippen LogP contribution in [0.3, 0.4) is 0 Å². The molecule has 5 heteroatoms. The van der Waals surface area contributed by atoms with Crippen molar-refractivity contribution in [3.63, 3.8) is 0 Å². The minimum atomic E-state index is -0.844. The molecule has 72 valence electrons. The highest BCUT2D eigenvalue weighted by atomic mass is 32.1. The van der Waals surface area contributed by atoms with Crippen molar-refractivity contribution in [3.8, 4) is 0 Å². The second kappa shape index (κ2) is 4.34. The molecule has 0 radical (unpaired) electrons. The van der Waals surface area contributed by atoms with Gasteiger partial charge in [0, 0.05) is 11.6 Å². The van der Waals surface area contributed by atoms with Crippen LogP contribution in [0.25, 0.3) is 0 Å². The average Bonchev–Trinajstić information content (AvgIpc) is 2.55. The van der Waals surface area contributed by atoms with E-state index in [1.165, 1.54) is 11.3 Å². The van der Waals surface area contributed by atoms with Crippen LogP contribution in [0.4, 0.5) is 0 Å². The van der Waals surface area contributed by atoms with Crippen LogP contribution in [0.1, 0.15) is 24.9 Å². The summed E-state index contributed by atoms with van der Waals surface area (Å²) in [5.41, 5.74) is 0. The van der Waals surface area contributed by atoms with Crippen LogP contribution < -0.4 is 5.32 Å². The summed E-state index contributed by atoms with van der Waals surface area (Å²) >= 11 is 1.52. The van der Waals surface area contributed by atoms with Crippen molar-refractivity contribution in [1.82, 2.24) is 10.3 Å². The summed E-state index contributed by atoms with van der Waals surface area (Å²) in [5.74, 6) is -0.844. The highest BCUT2D eigenvalue weighted by Gasteiger charge is 2.15. The monoisotopic (exact) mass is 200 g/mol. The fourth-order valence-electron chi connectivity index (χ4n) is 0.966. The first kappa shape index (κ1) is 10.1. The Labute approximate surface area is 80.6 Å². The first-order valence-electron chi connectivity index (χ1n) is 3.99. The van der Waals surface area contributed by atoms with Crippen molar-refractivity contribution in [3.05, 3.63) is 16.6 Å². The lowest BCUT2D eigenvalue weighted by molar-refractivity contribution is -0.139. The third-order valence-electron chi connectivity index (χ3n) is 1.69. The van der Waals surface area contributed by atoms with Gasteiger partial charge in [-0.25, -0.2) is 4.98 Å². The number of thiazole rings is 1. The third kappa shape index (κ3) is 2.78. The Hall–Kier alpha value is -0.940. The van der Waals surface area contributed by atoms with Gasteiger partial charge in [0.1, 0.15) is 11.0 Å². The molecule has 1 rings (SSSR count). The zero-order valence-corrected chi connectivity index (χ0v) is 8.34. The predicted octanol–water partition coefficient (Wildman–Crippen LogP) is 1.27. The summed E-state index contributed by atoms with van der Waals surface area (Å²) in [5, 5.41) is 14.4. The molecule has 1 aromatic rings. The largest absolute Gasteiger partial charge is 0.480 e. The molecule has 1 heterocycles. The van der Waals surface area contributed by atoms with Crippen molar-refractivity contribution < 1.29 is 9.90 Å². The third-order valence-corrected chi connectivity index (χ3v) is 2.65. The fourth-order valence-corrected chi connectivity index (χ4v) is 1.62. The standard InChI is InChI=1S/C8H12N2O2S/c1-5(7-9-3-4-13-7)10-6(2)8(11)12/h3-6,10H,1-2H3,(H,11,12). The van der Waals surface area contributed by atoms with Gasteiger partial charge in [0.2, 0.25) is 0 Å². The van der Waals surface area contributed by atoms with E-state index >= 15 is 0 Å². The molecule has 13 heavy (non-hydrogen) atoms. The van der Waals surface area contributed by atoms with Gasteiger partial charge in [0.15, 0.2) is 0 Å². The van der Waals surface area contributed by atoms with E-state index in [9.17, 15) is 4.79 Å². The van der Waals surface area contributed by atoms with E-state index < -0.39 is 12.0 Å². The van der Waals surface area contributed by atoms with Crippen molar-refractivity contribution in [2.24, 2.45) is 0 Å². The number of aliphatic carboxylic acids is 1. The Kier molecular flexibility index (Phi) is 3.39. The van der Waals surface area contributed by atoms with E-state index in [2.05, 4.69) is 10.3 Å². The van der Waals surface area contributed by atoms with Crippen LogP contribution in [-0.2, 0) is 4.79 Å². The highest BCUT2D eigenvalue weighted by molar-refractivity contribution is 7.09. The molecule has 0 aliphatic carbocycles. The number of hydrogen-bond acceptors (Lipinski definition) is 4. The van der Waals surface area contributed by atoms with Crippen LogP contribution in [0.2, 0.25) is 0 Å². The number of carbonyl (C=O) groups is 1. The Morgan fingerprint density at radius 1 is 1.69 bits per heavy atom. The van der Waals surface area contributed by atoms with Crippen LogP contribution in [0.15, 0.2) is 11.6 Å². The molecular formula is C8H12N2O2S. The molecule has 2 atom stereocenters. The first-order valence-corrected chi connectivity index (χ1v) is 4.87. The number of nitrogens with one attached hydrogen (secondary N) is 1. The SMILES string of the molecule is CC(NC(C)c1nccs1)C(=O)O. The van der Waals surface area contributed by atoms with E-state index in [0.717, 1.165) is 5.01 Å². The van der Waals surface area contributed by atoms with Crippen molar-refractivity contribution >= 4 is 17.3 Å². The molecular weight excluding hydrogens is 188 g/mol. The molecule has 0 amide bonds. The summed E-state index contributed by atoms with van der Waals surface area (Å²) in [4.78, 5) is 14.6. The lowest BCUT2D eigenvalue weighted by Gasteiger charge is -2.14. The van der Waals surface area contributed by atoms with Crippen LogP contribution in [-0.4, -0.2) is 22.1 Å². The number of carboxylic acid groups (broad SMARTS) is 1. The topological polar surface area (TPSA) is 62.2 Å². The maximum Gasteiger partial charge on any atom is 0.320 e. The molecule has 4 nitrogen and oxygen atoms in total. The Morgan fingerprint density at radius 3 is 2.85 bits per heavy atom. The fraction of sp³-hybridized carbons (Fsp3) is 0.500. The number of carboxylic acids is 1. The maximum atomic E-state index is 10.5. The van der Waals surface area contributed by atoms with Gasteiger partial charge in [-0.2, -0.15) is 0 Å². The molecule has 0 aliphatic rings. The lowest BCUT2D eigenvalue weighted by atomic mass is 10.3. The zero-order chi connectivity index (χ0) is 9.84. The Balaban J connectivity index is 2.51. The first-order chi connectivity index (χ1) is 6.11. The van der Waals surface area contributed by atoms with E-state index in [1.54, 1.807) is 13.1 Å². The minimum Gasteiger partial charge on any atom is -0.480 e. The van der Waals surface area contributed by atoms with Gasteiger partial charge < -0.3 is 5.11 Å². The smallest absolute Gasteiger partial charge is 0.320 e. The molecule has 2 N–H and O–H groups in total. The van der Waals surface area contributed by atoms with E-state index in [4.69, 9.17) is 5.11 Å². The van der Waals surface area contributed by atoms with Gasteiger partial charge >= 0.3 is 5.97 Å². The Morgan fingerprint density at radius 2 is 2.38 bits per heavy atom. The lowest BCUT2D eigenvalue weighted by Crippen LogP contribution is -2.35. The molecule has 0 aromatic carbocycles. The quantitative estimate of drug-likeness (QED) is 0.768. The number of aromatic nitrogens is 1. The summed E-state index contributed by atoms with van der Waals surface area (Å²) in [7, 11) is 0. The van der Waals surface area contributed by atoms with Gasteiger partial charge in [-0.05, 0) is 13.8 Å². The van der Waals surface area contributed by atoms with E-state index in [-0.39, 0.29) is 6.04 Å². The summed E-state index contributed by atoms with van der Waals surface area (Å²) in [6.45, 7) is 3.52. The maximum absolute atomic E-state index is 10.5. The van der Waals surface area contributed by atoms with Crippen molar-refractivity contribution in [1.29, 1.82) is 0 Å². The Bertz CT molecular complexity index is 274. The van der Waals surface area contributed by atoms with Crippen LogP contribution in [0.5, 0.6) is 0 Å². The summed E-state index contributed by atoms with van der Waals surface area (Å²) in [6.07, 6.45) is 1.71. The molecule has 0 fully saturated rings. The molecule has 0 spiro atoms. The average molecular weight is 200 g/mol. The van der Waals surface area contributed by atoms with Gasteiger partial charge in [-0.3, -0.25) is 10.1 Å². The molecule has 0 saturated carbocycles. The molecule has 1 aromatic heterocycles. The molecule has 0 aliphatic heterocycles. The number of nitrogens with zero attached hydrogens (tertiary/aromatic N) is 1. The van der Waals surface area contributed by atoms with Gasteiger partial charge in [0.05, 0.1) is 6.04 Å². The van der Waals surface area contributed by atoms with E-state index in [1.807, 2.05) is 12.3 Å². The normalized spacial score (nSPS) is 15.2. The highest BCUT2D eigenvalue weighted by Crippen LogP contribution is 2.14. The summed E-state index contributed by atoms with van der Waals surface area (Å²) in [6, 6.07) is -0.551. The molecule has 2 unspecified atom stereocenters. The predicted molar refractivity (Wildman–Crippen MR) is 50.8 cm³/mol. The second-order valence-corrected chi connectivity index (χ2v) is 3.74. The minimum absolute atomic E-state index is 0.00824. The second-order valence-electron chi connectivity index (χ2n) is 2.82. The molecule has 0 bridgehead atoms. The van der Waals surface area contributed by atoms with E-state index in [0.29, 0.717) is 0 Å². The number of hydrogen-bond donors (Lipinski definition) is 2. The summed E-state index contributed by atoms with van der Waals surface area (Å²) < 4.78 is 0. The van der Waals surface area contributed by atoms with Gasteiger partial charge in [0.25, 0.3) is 0 Å². The van der Waals surface area contributed by atoms with Crippen molar-refractivity contribution in [2.45, 2.75) is 25.9 Å². The zero-order valence-electron chi connectivity index (χ0n) is 7.52.